The summed E-state index contributed by atoms with van der Waals surface area (Å²) in [5.41, 5.74) is 8.37. The van der Waals surface area contributed by atoms with Crippen molar-refractivity contribution in [2.45, 2.75) is 33.6 Å². The van der Waals surface area contributed by atoms with Crippen LogP contribution in [0.25, 0.3) is 0 Å². The molecule has 2 N–H and O–H groups in total. The second-order valence-electron chi connectivity index (χ2n) is 3.90. The van der Waals surface area contributed by atoms with Crippen LogP contribution >= 0.6 is 0 Å². The van der Waals surface area contributed by atoms with E-state index in [1.807, 2.05) is 39.0 Å². The maximum absolute atomic E-state index is 12.1. The predicted molar refractivity (Wildman–Crippen MR) is 64.0 cm³/mol. The fraction of sp³-hybridized carbons (Fsp3) is 0.462. The molecule has 2 heteroatoms. The zero-order chi connectivity index (χ0) is 11.4. The molecule has 0 heterocycles. The lowest BCUT2D eigenvalue weighted by Crippen LogP contribution is -2.13. The summed E-state index contributed by atoms with van der Waals surface area (Å²) in [7, 11) is 0. The van der Waals surface area contributed by atoms with Crippen LogP contribution in [0.1, 0.15) is 43.1 Å². The van der Waals surface area contributed by atoms with Gasteiger partial charge in [0.2, 0.25) is 0 Å². The van der Waals surface area contributed by atoms with Gasteiger partial charge in [-0.15, -0.1) is 0 Å². The molecule has 0 aliphatic carbocycles. The van der Waals surface area contributed by atoms with E-state index in [9.17, 15) is 4.79 Å². The molecule has 0 saturated heterocycles. The number of hydrogen-bond donors (Lipinski definition) is 1. The van der Waals surface area contributed by atoms with E-state index in [4.69, 9.17) is 5.73 Å². The second-order valence-corrected chi connectivity index (χ2v) is 3.90. The number of nitrogens with two attached hydrogens (primary N) is 1. The first-order valence-corrected chi connectivity index (χ1v) is 5.53. The number of benzene rings is 1. The van der Waals surface area contributed by atoms with Crippen LogP contribution in [-0.4, -0.2) is 5.78 Å². The lowest BCUT2D eigenvalue weighted by molar-refractivity contribution is 0.0926. The SMILES string of the molecule is CCc1c(N)cccc1C(=O)C(C)CC. The van der Waals surface area contributed by atoms with Crippen molar-refractivity contribution in [1.29, 1.82) is 0 Å². The first-order valence-electron chi connectivity index (χ1n) is 5.53. The van der Waals surface area contributed by atoms with Crippen molar-refractivity contribution in [1.82, 2.24) is 0 Å². The summed E-state index contributed by atoms with van der Waals surface area (Å²) in [4.78, 5) is 12.1. The Hall–Kier alpha value is -1.31. The van der Waals surface area contributed by atoms with Crippen molar-refractivity contribution >= 4 is 11.5 Å². The first-order chi connectivity index (χ1) is 7.11. The summed E-state index contributed by atoms with van der Waals surface area (Å²) in [6, 6.07) is 5.58. The van der Waals surface area contributed by atoms with E-state index in [2.05, 4.69) is 0 Å². The minimum absolute atomic E-state index is 0.0806. The molecule has 1 aromatic carbocycles. The Kier molecular flexibility index (Phi) is 3.89. The van der Waals surface area contributed by atoms with Gasteiger partial charge in [-0.3, -0.25) is 4.79 Å². The number of nitrogen functional groups attached to an aromatic ring is 1. The van der Waals surface area contributed by atoms with Crippen molar-refractivity contribution < 1.29 is 4.79 Å². The van der Waals surface area contributed by atoms with Crippen LogP contribution < -0.4 is 5.73 Å². The van der Waals surface area contributed by atoms with E-state index >= 15 is 0 Å². The Balaban J connectivity index is 3.13. The number of carbonyl (C=O) groups is 1. The number of ketones is 1. The van der Waals surface area contributed by atoms with E-state index in [1.54, 1.807) is 0 Å². The van der Waals surface area contributed by atoms with Gasteiger partial charge in [0.05, 0.1) is 0 Å². The normalized spacial score (nSPS) is 12.5. The molecule has 1 aromatic rings. The van der Waals surface area contributed by atoms with E-state index in [0.29, 0.717) is 0 Å². The molecule has 0 amide bonds. The van der Waals surface area contributed by atoms with Crippen molar-refractivity contribution in [3.8, 4) is 0 Å². The Bertz CT molecular complexity index is 358. The van der Waals surface area contributed by atoms with Crippen LogP contribution in [0, 0.1) is 5.92 Å². The smallest absolute Gasteiger partial charge is 0.166 e. The fourth-order valence-electron chi connectivity index (χ4n) is 1.68. The van der Waals surface area contributed by atoms with Gasteiger partial charge in [0.15, 0.2) is 5.78 Å². The van der Waals surface area contributed by atoms with Gasteiger partial charge in [0.1, 0.15) is 0 Å². The summed E-state index contributed by atoms with van der Waals surface area (Å²) < 4.78 is 0. The van der Waals surface area contributed by atoms with Crippen LogP contribution in [0.5, 0.6) is 0 Å². The molecule has 1 unspecified atom stereocenters. The second kappa shape index (κ2) is 4.96. The average molecular weight is 205 g/mol. The van der Waals surface area contributed by atoms with Gasteiger partial charge in [-0.2, -0.15) is 0 Å². The molecule has 0 aliphatic rings. The molecule has 1 rings (SSSR count). The minimum atomic E-state index is 0.0806. The summed E-state index contributed by atoms with van der Waals surface area (Å²) in [5.74, 6) is 0.291. The zero-order valence-corrected chi connectivity index (χ0v) is 9.71. The summed E-state index contributed by atoms with van der Waals surface area (Å²) in [5, 5.41) is 0. The lowest BCUT2D eigenvalue weighted by atomic mass is 9.92. The molecule has 1 atom stereocenters. The van der Waals surface area contributed by atoms with Gasteiger partial charge in [0, 0.05) is 17.2 Å². The summed E-state index contributed by atoms with van der Waals surface area (Å²) in [6.07, 6.45) is 1.68. The van der Waals surface area contributed by atoms with E-state index in [1.165, 1.54) is 0 Å². The third-order valence-electron chi connectivity index (χ3n) is 2.89. The molecule has 0 bridgehead atoms. The molecule has 0 spiro atoms. The van der Waals surface area contributed by atoms with Crippen LogP contribution in [-0.2, 0) is 6.42 Å². The van der Waals surface area contributed by atoms with Gasteiger partial charge in [-0.25, -0.2) is 0 Å². The molecule has 15 heavy (non-hydrogen) atoms. The van der Waals surface area contributed by atoms with Crippen LogP contribution in [0.3, 0.4) is 0 Å². The van der Waals surface area contributed by atoms with E-state index in [-0.39, 0.29) is 11.7 Å². The third-order valence-corrected chi connectivity index (χ3v) is 2.89. The van der Waals surface area contributed by atoms with Crippen LogP contribution in [0.2, 0.25) is 0 Å². The van der Waals surface area contributed by atoms with Gasteiger partial charge >= 0.3 is 0 Å². The third kappa shape index (κ3) is 2.38. The molecule has 0 fully saturated rings. The Morgan fingerprint density at radius 2 is 2.07 bits per heavy atom. The molecule has 0 saturated carbocycles. The van der Waals surface area contributed by atoms with Gasteiger partial charge < -0.3 is 5.73 Å². The maximum atomic E-state index is 12.1. The Morgan fingerprint density at radius 1 is 1.40 bits per heavy atom. The quantitative estimate of drug-likeness (QED) is 0.606. The van der Waals surface area contributed by atoms with Crippen molar-refractivity contribution in [2.75, 3.05) is 5.73 Å². The molecular weight excluding hydrogens is 186 g/mol. The molecule has 0 aromatic heterocycles. The maximum Gasteiger partial charge on any atom is 0.166 e. The number of carbonyl (C=O) groups excluding carboxylic acids is 1. The van der Waals surface area contributed by atoms with E-state index < -0.39 is 0 Å². The number of Topliss-reactive ketones (excluding diaryl/α,β-unsaturated/α-hetero) is 1. The summed E-state index contributed by atoms with van der Waals surface area (Å²) >= 11 is 0. The van der Waals surface area contributed by atoms with Gasteiger partial charge in [0.25, 0.3) is 0 Å². The molecule has 0 aliphatic heterocycles. The fourth-order valence-corrected chi connectivity index (χ4v) is 1.68. The molecule has 2 nitrogen and oxygen atoms in total. The highest BCUT2D eigenvalue weighted by Crippen LogP contribution is 2.21. The van der Waals surface area contributed by atoms with Crippen molar-refractivity contribution in [3.05, 3.63) is 29.3 Å². The van der Waals surface area contributed by atoms with E-state index in [0.717, 1.165) is 29.7 Å². The standard InChI is InChI=1S/C13H19NO/c1-4-9(3)13(15)11-7-6-8-12(14)10(11)5-2/h6-9H,4-5,14H2,1-3H3. The zero-order valence-electron chi connectivity index (χ0n) is 9.71. The highest BCUT2D eigenvalue weighted by Gasteiger charge is 2.17. The number of hydrogen-bond acceptors (Lipinski definition) is 2. The number of anilines is 1. The van der Waals surface area contributed by atoms with Crippen molar-refractivity contribution in [3.63, 3.8) is 0 Å². The molecule has 82 valence electrons. The first kappa shape index (κ1) is 11.8. The lowest BCUT2D eigenvalue weighted by Gasteiger charge is -2.13. The summed E-state index contributed by atoms with van der Waals surface area (Å²) in [6.45, 7) is 6.02. The Morgan fingerprint density at radius 3 is 2.60 bits per heavy atom. The average Bonchev–Trinajstić information content (AvgIpc) is 2.26. The van der Waals surface area contributed by atoms with Crippen molar-refractivity contribution in [2.24, 2.45) is 5.92 Å². The minimum Gasteiger partial charge on any atom is -0.398 e. The predicted octanol–water partition coefficient (Wildman–Crippen LogP) is 3.06. The Labute approximate surface area is 91.5 Å². The van der Waals surface area contributed by atoms with Crippen LogP contribution in [0.4, 0.5) is 5.69 Å². The monoisotopic (exact) mass is 205 g/mol. The highest BCUT2D eigenvalue weighted by molar-refractivity contribution is 6.00. The van der Waals surface area contributed by atoms with Gasteiger partial charge in [-0.1, -0.05) is 32.9 Å². The van der Waals surface area contributed by atoms with Crippen LogP contribution in [0.15, 0.2) is 18.2 Å². The van der Waals surface area contributed by atoms with Gasteiger partial charge in [-0.05, 0) is 24.5 Å². The number of rotatable bonds is 4. The molecule has 0 radical (unpaired) electrons. The highest BCUT2D eigenvalue weighted by atomic mass is 16.1. The molecular formula is C13H19NO. The topological polar surface area (TPSA) is 43.1 Å². The largest absolute Gasteiger partial charge is 0.398 e.